The van der Waals surface area contributed by atoms with Gasteiger partial charge in [-0.25, -0.2) is 4.79 Å². The van der Waals surface area contributed by atoms with Gasteiger partial charge in [-0.2, -0.15) is 0 Å². The summed E-state index contributed by atoms with van der Waals surface area (Å²) in [5.74, 6) is -0.785. The zero-order valence-corrected chi connectivity index (χ0v) is 17.0. The van der Waals surface area contributed by atoms with Crippen LogP contribution in [0, 0.1) is 5.92 Å². The predicted octanol–water partition coefficient (Wildman–Crippen LogP) is 2.31. The minimum absolute atomic E-state index is 0.119. The van der Waals surface area contributed by atoms with Gasteiger partial charge in [0, 0.05) is 12.6 Å². The summed E-state index contributed by atoms with van der Waals surface area (Å²) in [6.07, 6.45) is -0.675. The smallest absolute Gasteiger partial charge is 0.408 e. The van der Waals surface area contributed by atoms with Gasteiger partial charge in [0.05, 0.1) is 6.54 Å². The van der Waals surface area contributed by atoms with Crippen LogP contribution in [-0.2, 0) is 20.9 Å². The lowest BCUT2D eigenvalue weighted by Crippen LogP contribution is -2.53. The van der Waals surface area contributed by atoms with Gasteiger partial charge < -0.3 is 20.3 Å². The average molecular weight is 377 g/mol. The first-order valence-corrected chi connectivity index (χ1v) is 9.04. The topological polar surface area (TPSA) is 87.7 Å². The van der Waals surface area contributed by atoms with Crippen LogP contribution in [0.15, 0.2) is 30.3 Å². The van der Waals surface area contributed by atoms with Gasteiger partial charge in [0.1, 0.15) is 12.6 Å². The maximum atomic E-state index is 12.4. The molecular formula is C20H31N3O4. The second kappa shape index (κ2) is 9.94. The Morgan fingerprint density at radius 2 is 1.70 bits per heavy atom. The second-order valence-electron chi connectivity index (χ2n) is 7.77. The monoisotopic (exact) mass is 377 g/mol. The molecule has 0 radical (unpaired) electrons. The average Bonchev–Trinajstić information content (AvgIpc) is 2.61. The summed E-state index contributed by atoms with van der Waals surface area (Å²) >= 11 is 0. The molecule has 0 bridgehead atoms. The minimum atomic E-state index is -0.791. The van der Waals surface area contributed by atoms with Gasteiger partial charge in [0.15, 0.2) is 0 Å². The van der Waals surface area contributed by atoms with Gasteiger partial charge in [0.25, 0.3) is 0 Å². The van der Waals surface area contributed by atoms with Crippen LogP contribution < -0.4 is 10.6 Å². The number of carbonyl (C=O) groups excluding carboxylic acids is 3. The molecule has 0 saturated heterocycles. The number of amides is 3. The Hall–Kier alpha value is -2.57. The molecule has 3 amide bonds. The summed E-state index contributed by atoms with van der Waals surface area (Å²) in [5.41, 5.74) is 0.521. The fourth-order valence-corrected chi connectivity index (χ4v) is 2.19. The van der Waals surface area contributed by atoms with Crippen LogP contribution in [0.3, 0.4) is 0 Å². The molecule has 27 heavy (non-hydrogen) atoms. The quantitative estimate of drug-likeness (QED) is 0.763. The number of rotatable bonds is 7. The normalized spacial score (nSPS) is 12.3. The number of alkyl carbamates (subject to hydrolysis) is 1. The molecule has 2 N–H and O–H groups in total. The molecule has 0 spiro atoms. The van der Waals surface area contributed by atoms with Crippen LogP contribution in [0.25, 0.3) is 0 Å². The lowest BCUT2D eigenvalue weighted by molar-refractivity contribution is -0.135. The second-order valence-corrected chi connectivity index (χ2v) is 7.77. The summed E-state index contributed by atoms with van der Waals surface area (Å²) in [6, 6.07) is 8.48. The van der Waals surface area contributed by atoms with Gasteiger partial charge in [-0.3, -0.25) is 9.59 Å². The number of hydrogen-bond donors (Lipinski definition) is 2. The third-order valence-electron chi connectivity index (χ3n) is 4.23. The molecule has 150 valence electrons. The zero-order chi connectivity index (χ0) is 20.6. The van der Waals surface area contributed by atoms with Gasteiger partial charge >= 0.3 is 6.09 Å². The van der Waals surface area contributed by atoms with E-state index in [0.29, 0.717) is 0 Å². The standard InChI is InChI=1S/C20H31N3O4/c1-14(2)17(18(25)21-12-16(24)23(6)20(3,4)5)22-19(26)27-13-15-10-8-7-9-11-15/h7-11,14,17H,12-13H2,1-6H3,(H,21,25)(H,22,26)/t17-/m1/s1. The van der Waals surface area contributed by atoms with Crippen LogP contribution in [0.5, 0.6) is 0 Å². The van der Waals surface area contributed by atoms with Gasteiger partial charge in [-0.1, -0.05) is 44.2 Å². The molecule has 0 aliphatic heterocycles. The Bertz CT molecular complexity index is 638. The van der Waals surface area contributed by atoms with Crippen molar-refractivity contribution in [3.63, 3.8) is 0 Å². The number of ether oxygens (including phenoxy) is 1. The van der Waals surface area contributed by atoms with Crippen LogP contribution in [0.1, 0.15) is 40.2 Å². The Kier molecular flexibility index (Phi) is 8.28. The van der Waals surface area contributed by atoms with Crippen molar-refractivity contribution in [3.05, 3.63) is 35.9 Å². The van der Waals surface area contributed by atoms with E-state index in [2.05, 4.69) is 10.6 Å². The van der Waals surface area contributed by atoms with Crippen LogP contribution in [0.4, 0.5) is 4.79 Å². The third kappa shape index (κ3) is 7.68. The van der Waals surface area contributed by atoms with E-state index in [9.17, 15) is 14.4 Å². The van der Waals surface area contributed by atoms with Crippen molar-refractivity contribution in [1.29, 1.82) is 0 Å². The van der Waals surface area contributed by atoms with Crippen molar-refractivity contribution < 1.29 is 19.1 Å². The molecule has 7 nitrogen and oxygen atoms in total. The van der Waals surface area contributed by atoms with Gasteiger partial charge in [-0.05, 0) is 32.3 Å². The lowest BCUT2D eigenvalue weighted by Gasteiger charge is -2.32. The van der Waals surface area contributed by atoms with Crippen molar-refractivity contribution >= 4 is 17.9 Å². The molecule has 0 fully saturated rings. The largest absolute Gasteiger partial charge is 0.445 e. The molecule has 1 aromatic rings. The Morgan fingerprint density at radius 3 is 2.22 bits per heavy atom. The number of hydrogen-bond acceptors (Lipinski definition) is 4. The van der Waals surface area contributed by atoms with E-state index in [4.69, 9.17) is 4.74 Å². The molecule has 7 heteroatoms. The SMILES string of the molecule is CC(C)[C@@H](NC(=O)OCc1ccccc1)C(=O)NCC(=O)N(C)C(C)(C)C. The van der Waals surface area contributed by atoms with Crippen LogP contribution in [-0.4, -0.2) is 48.0 Å². The third-order valence-corrected chi connectivity index (χ3v) is 4.23. The van der Waals surface area contributed by atoms with Gasteiger partial charge in [0.2, 0.25) is 11.8 Å². The van der Waals surface area contributed by atoms with Crippen molar-refractivity contribution in [3.8, 4) is 0 Å². The molecule has 0 unspecified atom stereocenters. The highest BCUT2D eigenvalue weighted by Gasteiger charge is 2.27. The number of nitrogens with one attached hydrogen (secondary N) is 2. The highest BCUT2D eigenvalue weighted by atomic mass is 16.5. The van der Waals surface area contributed by atoms with E-state index in [0.717, 1.165) is 5.56 Å². The van der Waals surface area contributed by atoms with Crippen molar-refractivity contribution in [2.45, 2.75) is 52.8 Å². The van der Waals surface area contributed by atoms with Crippen LogP contribution >= 0.6 is 0 Å². The Morgan fingerprint density at radius 1 is 1.11 bits per heavy atom. The van der Waals surface area contributed by atoms with E-state index >= 15 is 0 Å². The molecule has 0 aliphatic carbocycles. The highest BCUT2D eigenvalue weighted by Crippen LogP contribution is 2.10. The molecular weight excluding hydrogens is 346 g/mol. The molecule has 1 rings (SSSR count). The fraction of sp³-hybridized carbons (Fsp3) is 0.550. The molecule has 0 saturated carbocycles. The van der Waals surface area contributed by atoms with E-state index in [1.54, 1.807) is 11.9 Å². The van der Waals surface area contributed by atoms with E-state index in [1.807, 2.05) is 65.0 Å². The summed E-state index contributed by atoms with van der Waals surface area (Å²) in [6.45, 7) is 9.34. The molecule has 1 aromatic carbocycles. The number of likely N-dealkylation sites (N-methyl/N-ethyl adjacent to an activating group) is 1. The number of carbonyl (C=O) groups is 3. The fourth-order valence-electron chi connectivity index (χ4n) is 2.19. The number of nitrogens with zero attached hydrogens (tertiary/aromatic N) is 1. The maximum Gasteiger partial charge on any atom is 0.408 e. The summed E-state index contributed by atoms with van der Waals surface area (Å²) in [7, 11) is 1.69. The van der Waals surface area contributed by atoms with Gasteiger partial charge in [-0.15, -0.1) is 0 Å². The van der Waals surface area contributed by atoms with Crippen molar-refractivity contribution in [1.82, 2.24) is 15.5 Å². The summed E-state index contributed by atoms with van der Waals surface area (Å²) < 4.78 is 5.16. The molecule has 0 aliphatic rings. The minimum Gasteiger partial charge on any atom is -0.445 e. The summed E-state index contributed by atoms with van der Waals surface area (Å²) in [4.78, 5) is 38.2. The zero-order valence-electron chi connectivity index (χ0n) is 17.0. The highest BCUT2D eigenvalue weighted by molar-refractivity contribution is 5.89. The number of benzene rings is 1. The predicted molar refractivity (Wildman–Crippen MR) is 104 cm³/mol. The molecule has 0 aromatic heterocycles. The maximum absolute atomic E-state index is 12.4. The van der Waals surface area contributed by atoms with Crippen LogP contribution in [0.2, 0.25) is 0 Å². The Labute approximate surface area is 161 Å². The lowest BCUT2D eigenvalue weighted by atomic mass is 10.0. The van der Waals surface area contributed by atoms with Crippen molar-refractivity contribution in [2.24, 2.45) is 5.92 Å². The summed E-state index contributed by atoms with van der Waals surface area (Å²) in [5, 5.41) is 5.17. The Balaban J connectivity index is 2.55. The first-order chi connectivity index (χ1) is 12.5. The molecule has 0 heterocycles. The van der Waals surface area contributed by atoms with E-state index in [1.165, 1.54) is 0 Å². The van der Waals surface area contributed by atoms with E-state index in [-0.39, 0.29) is 30.5 Å². The molecule has 1 atom stereocenters. The first-order valence-electron chi connectivity index (χ1n) is 9.04. The van der Waals surface area contributed by atoms with E-state index < -0.39 is 18.0 Å². The first kappa shape index (κ1) is 22.5. The van der Waals surface area contributed by atoms with Crippen molar-refractivity contribution in [2.75, 3.05) is 13.6 Å².